The third-order valence-corrected chi connectivity index (χ3v) is 3.86. The van der Waals surface area contributed by atoms with Gasteiger partial charge in [0.25, 0.3) is 0 Å². The highest BCUT2D eigenvalue weighted by molar-refractivity contribution is 5.90. The minimum Gasteiger partial charge on any atom is -0.491 e. The molecule has 2 amide bonds. The Morgan fingerprint density at radius 3 is 2.68 bits per heavy atom. The van der Waals surface area contributed by atoms with Crippen LogP contribution < -0.4 is 4.74 Å². The number of carbonyl (C=O) groups excluding carboxylic acids is 1. The zero-order valence-electron chi connectivity index (χ0n) is 13.6. The Hall–Kier alpha value is -3.04. The molecule has 0 spiro atoms. The third-order valence-electron chi connectivity index (χ3n) is 3.86. The van der Waals surface area contributed by atoms with Gasteiger partial charge in [0.2, 0.25) is 0 Å². The first-order valence-corrected chi connectivity index (χ1v) is 7.57. The van der Waals surface area contributed by atoms with Crippen LogP contribution in [0.3, 0.4) is 0 Å². The fourth-order valence-electron chi connectivity index (χ4n) is 2.59. The van der Waals surface area contributed by atoms with E-state index < -0.39 is 24.2 Å². The number of aromatic nitrogens is 1. The smallest absolute Gasteiger partial charge is 0.407 e. The second-order valence-corrected chi connectivity index (χ2v) is 5.34. The van der Waals surface area contributed by atoms with Crippen LogP contribution in [0.1, 0.15) is 16.9 Å². The molecule has 1 saturated heterocycles. The molecular formula is C15H19N3O7. The average Bonchev–Trinajstić information content (AvgIpc) is 2.61. The van der Waals surface area contributed by atoms with Crippen LogP contribution >= 0.6 is 0 Å². The van der Waals surface area contributed by atoms with Crippen molar-refractivity contribution in [2.45, 2.75) is 12.5 Å². The summed E-state index contributed by atoms with van der Waals surface area (Å²) in [5, 5.41) is 18.3. The minimum absolute atomic E-state index is 0.0240. The number of carbonyl (C=O) groups is 3. The first-order valence-electron chi connectivity index (χ1n) is 7.57. The predicted molar refractivity (Wildman–Crippen MR) is 83.8 cm³/mol. The van der Waals surface area contributed by atoms with Crippen molar-refractivity contribution in [3.8, 4) is 5.75 Å². The van der Waals surface area contributed by atoms with Gasteiger partial charge in [0.05, 0.1) is 19.8 Å². The standard InChI is InChI=1S/C15H19N3O7/c1-24-13(19)12-11(3-2-5-16-12)25-8-4-10-9-17(14(20)21)6-7-18(10)15(22)23/h2-3,5,10H,4,6-9H2,1H3,(H,20,21)(H,22,23)/t10-/m1/s1. The lowest BCUT2D eigenvalue weighted by atomic mass is 10.1. The van der Waals surface area contributed by atoms with Crippen molar-refractivity contribution in [3.05, 3.63) is 24.0 Å². The maximum Gasteiger partial charge on any atom is 0.407 e. The Kier molecular flexibility index (Phi) is 5.98. The lowest BCUT2D eigenvalue weighted by Gasteiger charge is -2.38. The van der Waals surface area contributed by atoms with Crippen LogP contribution in [0.25, 0.3) is 0 Å². The van der Waals surface area contributed by atoms with Crippen LogP contribution in [0, 0.1) is 0 Å². The van der Waals surface area contributed by atoms with Crippen LogP contribution in [-0.2, 0) is 4.74 Å². The van der Waals surface area contributed by atoms with Crippen molar-refractivity contribution < 1.29 is 34.1 Å². The summed E-state index contributed by atoms with van der Waals surface area (Å²) in [5.74, 6) is -0.417. The van der Waals surface area contributed by atoms with Crippen LogP contribution in [0.2, 0.25) is 0 Å². The van der Waals surface area contributed by atoms with E-state index in [9.17, 15) is 19.5 Å². The zero-order valence-corrected chi connectivity index (χ0v) is 13.6. The number of carboxylic acid groups (broad SMARTS) is 2. The molecule has 1 aliphatic rings. The van der Waals surface area contributed by atoms with Crippen molar-refractivity contribution in [1.82, 2.24) is 14.8 Å². The molecule has 25 heavy (non-hydrogen) atoms. The molecule has 1 fully saturated rings. The number of amides is 2. The Bertz CT molecular complexity index is 652. The maximum absolute atomic E-state index is 11.6. The van der Waals surface area contributed by atoms with E-state index in [1.165, 1.54) is 23.1 Å². The van der Waals surface area contributed by atoms with E-state index in [0.717, 1.165) is 0 Å². The monoisotopic (exact) mass is 353 g/mol. The number of piperazine rings is 1. The zero-order chi connectivity index (χ0) is 18.4. The molecule has 2 N–H and O–H groups in total. The molecule has 1 aliphatic heterocycles. The van der Waals surface area contributed by atoms with E-state index in [0.29, 0.717) is 0 Å². The third kappa shape index (κ3) is 4.49. The summed E-state index contributed by atoms with van der Waals surface area (Å²) >= 11 is 0. The molecule has 0 bridgehead atoms. The van der Waals surface area contributed by atoms with Gasteiger partial charge >= 0.3 is 18.2 Å². The molecule has 1 aromatic heterocycles. The number of esters is 1. The maximum atomic E-state index is 11.6. The fraction of sp³-hybridized carbons (Fsp3) is 0.467. The summed E-state index contributed by atoms with van der Waals surface area (Å²) in [7, 11) is 1.23. The molecule has 0 saturated carbocycles. The van der Waals surface area contributed by atoms with Crippen molar-refractivity contribution in [2.24, 2.45) is 0 Å². The number of hydrogen-bond donors (Lipinski definition) is 2. The first kappa shape index (κ1) is 18.3. The Morgan fingerprint density at radius 2 is 2.04 bits per heavy atom. The molecule has 0 unspecified atom stereocenters. The number of hydrogen-bond acceptors (Lipinski definition) is 6. The molecule has 0 aromatic carbocycles. The normalized spacial score (nSPS) is 17.1. The SMILES string of the molecule is COC(=O)c1ncccc1OCC[C@@H]1CN(C(=O)O)CCN1C(=O)O. The fourth-order valence-corrected chi connectivity index (χ4v) is 2.59. The van der Waals surface area contributed by atoms with Gasteiger partial charge < -0.3 is 29.5 Å². The molecule has 136 valence electrons. The van der Waals surface area contributed by atoms with E-state index in [2.05, 4.69) is 9.72 Å². The molecule has 0 aliphatic carbocycles. The second-order valence-electron chi connectivity index (χ2n) is 5.34. The number of nitrogens with zero attached hydrogens (tertiary/aromatic N) is 3. The van der Waals surface area contributed by atoms with Gasteiger partial charge in [-0.2, -0.15) is 0 Å². The van der Waals surface area contributed by atoms with Gasteiger partial charge in [0.1, 0.15) is 0 Å². The van der Waals surface area contributed by atoms with Crippen LogP contribution in [0.5, 0.6) is 5.75 Å². The lowest BCUT2D eigenvalue weighted by molar-refractivity contribution is 0.0551. The van der Waals surface area contributed by atoms with E-state index >= 15 is 0 Å². The van der Waals surface area contributed by atoms with E-state index in [4.69, 9.17) is 9.84 Å². The summed E-state index contributed by atoms with van der Waals surface area (Å²) in [6.45, 7) is 0.403. The molecule has 2 heterocycles. The van der Waals surface area contributed by atoms with Crippen LogP contribution in [-0.4, -0.2) is 82.5 Å². The number of methoxy groups -OCH3 is 1. The molecule has 0 radical (unpaired) electrons. The quantitative estimate of drug-likeness (QED) is 0.749. The van der Waals surface area contributed by atoms with Gasteiger partial charge in [-0.3, -0.25) is 0 Å². The average molecular weight is 353 g/mol. The van der Waals surface area contributed by atoms with Crippen molar-refractivity contribution in [3.63, 3.8) is 0 Å². The van der Waals surface area contributed by atoms with Gasteiger partial charge in [-0.1, -0.05) is 0 Å². The van der Waals surface area contributed by atoms with Crippen molar-refractivity contribution in [1.29, 1.82) is 0 Å². The first-order chi connectivity index (χ1) is 11.9. The van der Waals surface area contributed by atoms with Crippen LogP contribution in [0.15, 0.2) is 18.3 Å². The van der Waals surface area contributed by atoms with Crippen molar-refractivity contribution >= 4 is 18.2 Å². The molecule has 10 nitrogen and oxygen atoms in total. The predicted octanol–water partition coefficient (Wildman–Crippen LogP) is 0.979. The topological polar surface area (TPSA) is 130 Å². The Morgan fingerprint density at radius 1 is 1.28 bits per heavy atom. The number of pyridine rings is 1. The van der Waals surface area contributed by atoms with E-state index in [-0.39, 0.29) is 44.1 Å². The molecular weight excluding hydrogens is 334 g/mol. The molecule has 1 atom stereocenters. The van der Waals surface area contributed by atoms with Gasteiger partial charge in [-0.15, -0.1) is 0 Å². The summed E-state index contributed by atoms with van der Waals surface area (Å²) in [5.41, 5.74) is 0.0240. The summed E-state index contributed by atoms with van der Waals surface area (Å²) in [6, 6.07) is 2.62. The largest absolute Gasteiger partial charge is 0.491 e. The molecule has 2 rings (SSSR count). The summed E-state index contributed by atoms with van der Waals surface area (Å²) < 4.78 is 10.2. The van der Waals surface area contributed by atoms with Gasteiger partial charge in [0.15, 0.2) is 11.4 Å². The summed E-state index contributed by atoms with van der Waals surface area (Å²) in [4.78, 5) is 40.3. The Labute approximate surface area is 143 Å². The Balaban J connectivity index is 2.00. The minimum atomic E-state index is -1.10. The van der Waals surface area contributed by atoms with Gasteiger partial charge in [-0.25, -0.2) is 19.4 Å². The van der Waals surface area contributed by atoms with Crippen LogP contribution in [0.4, 0.5) is 9.59 Å². The van der Waals surface area contributed by atoms with E-state index in [1.54, 1.807) is 12.1 Å². The summed E-state index contributed by atoms with van der Waals surface area (Å²) in [6.07, 6.45) is -0.495. The molecule has 10 heteroatoms. The van der Waals surface area contributed by atoms with Crippen molar-refractivity contribution in [2.75, 3.05) is 33.4 Å². The second kappa shape index (κ2) is 8.18. The highest BCUT2D eigenvalue weighted by atomic mass is 16.5. The van der Waals surface area contributed by atoms with Gasteiger partial charge in [-0.05, 0) is 12.1 Å². The van der Waals surface area contributed by atoms with E-state index in [1.807, 2.05) is 0 Å². The highest BCUT2D eigenvalue weighted by Crippen LogP contribution is 2.18. The highest BCUT2D eigenvalue weighted by Gasteiger charge is 2.32. The lowest BCUT2D eigenvalue weighted by Crippen LogP contribution is -2.56. The number of rotatable bonds is 5. The number of ether oxygens (including phenoxy) is 2. The molecule has 1 aromatic rings. The van der Waals surface area contributed by atoms with Gasteiger partial charge in [0, 0.05) is 32.3 Å².